The smallest absolute Gasteiger partial charge is 0.326 e. The van der Waals surface area contributed by atoms with Gasteiger partial charge in [0.1, 0.15) is 18.0 Å². The predicted molar refractivity (Wildman–Crippen MR) is 144 cm³/mol. The van der Waals surface area contributed by atoms with Crippen LogP contribution >= 0.6 is 0 Å². The molecule has 2 amide bonds. The second kappa shape index (κ2) is 13.5. The third-order valence-corrected chi connectivity index (χ3v) is 7.45. The normalized spacial score (nSPS) is 21.9. The van der Waals surface area contributed by atoms with Crippen molar-refractivity contribution < 1.29 is 34.4 Å². The number of aliphatic hydroxyl groups excluding tert-OH is 1. The zero-order chi connectivity index (χ0) is 28.7. The molecule has 2 heterocycles. The molecule has 1 aromatic rings. The van der Waals surface area contributed by atoms with Gasteiger partial charge < -0.3 is 36.4 Å². The van der Waals surface area contributed by atoms with E-state index in [9.17, 15) is 29.7 Å². The molecule has 218 valence electrons. The number of ether oxygens (including phenoxy) is 1. The van der Waals surface area contributed by atoms with E-state index in [0.29, 0.717) is 44.1 Å². The van der Waals surface area contributed by atoms with Gasteiger partial charge in [0.25, 0.3) is 0 Å². The molecule has 0 spiro atoms. The lowest BCUT2D eigenvalue weighted by molar-refractivity contribution is -0.157. The average Bonchev–Trinajstić information content (AvgIpc) is 3.33. The minimum atomic E-state index is -1.15. The molecule has 2 aliphatic rings. The van der Waals surface area contributed by atoms with Crippen LogP contribution in [-0.2, 0) is 25.5 Å². The van der Waals surface area contributed by atoms with Gasteiger partial charge >= 0.3 is 5.97 Å². The van der Waals surface area contributed by atoms with Gasteiger partial charge in [-0.25, -0.2) is 4.79 Å². The number of rotatable bonds is 14. The second-order valence-corrected chi connectivity index (χ2v) is 11.2. The minimum absolute atomic E-state index is 0.0763. The van der Waals surface area contributed by atoms with Crippen LogP contribution in [0, 0.1) is 5.92 Å². The van der Waals surface area contributed by atoms with E-state index in [1.54, 1.807) is 19.1 Å². The Morgan fingerprint density at radius 2 is 1.85 bits per heavy atom. The topological polar surface area (TPSA) is 186 Å². The van der Waals surface area contributed by atoms with Gasteiger partial charge in [-0.15, -0.1) is 0 Å². The van der Waals surface area contributed by atoms with Crippen LogP contribution in [0.15, 0.2) is 24.3 Å². The first kappa shape index (κ1) is 30.8. The second-order valence-electron chi connectivity index (χ2n) is 11.2. The number of carboxylic acids is 1. The third kappa shape index (κ3) is 8.12. The number of benzene rings is 1. The SMILES string of the molecule is CC(C)C[C@H](N)C(O)N[C@@H](C)C(=O)NCC1(N2CCC[C@H]2C(=O)N[C@@H](Cc2ccc(O)cc2)C(=O)O)COC1. The molecule has 1 aromatic carbocycles. The molecule has 8 N–H and O–H groups in total. The molecule has 2 saturated heterocycles. The summed E-state index contributed by atoms with van der Waals surface area (Å²) in [5.74, 6) is -1.45. The number of nitrogens with one attached hydrogen (secondary N) is 3. The highest BCUT2D eigenvalue weighted by atomic mass is 16.5. The van der Waals surface area contributed by atoms with E-state index in [0.717, 1.165) is 6.42 Å². The number of aliphatic hydroxyl groups is 1. The fourth-order valence-electron chi connectivity index (χ4n) is 5.18. The van der Waals surface area contributed by atoms with E-state index in [-0.39, 0.29) is 30.5 Å². The van der Waals surface area contributed by atoms with Crippen molar-refractivity contribution in [1.29, 1.82) is 0 Å². The maximum absolute atomic E-state index is 13.3. The van der Waals surface area contributed by atoms with Gasteiger partial charge in [0.05, 0.1) is 30.8 Å². The van der Waals surface area contributed by atoms with Gasteiger partial charge in [0, 0.05) is 19.0 Å². The highest BCUT2D eigenvalue weighted by molar-refractivity contribution is 5.87. The van der Waals surface area contributed by atoms with E-state index in [4.69, 9.17) is 10.5 Å². The standard InChI is InChI=1S/C27H43N5O7/c1-16(2)11-20(28)24(35)30-17(3)23(34)29-13-27(14-39-15-27)32-10-4-5-22(32)25(36)31-21(26(37)38)12-18-6-8-19(33)9-7-18/h6-9,16-17,20-22,24,30,33,35H,4-5,10-15,28H2,1-3H3,(H,29,34)(H,31,36)(H,37,38)/t17-,20-,21-,22-,24?/m0/s1. The molecular weight excluding hydrogens is 506 g/mol. The highest BCUT2D eigenvalue weighted by Crippen LogP contribution is 2.32. The summed E-state index contributed by atoms with van der Waals surface area (Å²) in [7, 11) is 0. The summed E-state index contributed by atoms with van der Waals surface area (Å²) in [5.41, 5.74) is 6.10. The fourth-order valence-corrected chi connectivity index (χ4v) is 5.18. The van der Waals surface area contributed by atoms with Crippen LogP contribution in [0.5, 0.6) is 5.75 Å². The Balaban J connectivity index is 1.59. The van der Waals surface area contributed by atoms with Gasteiger partial charge in [0.2, 0.25) is 11.8 Å². The third-order valence-electron chi connectivity index (χ3n) is 7.45. The van der Waals surface area contributed by atoms with Crippen molar-refractivity contribution in [2.24, 2.45) is 11.7 Å². The molecule has 12 heteroatoms. The summed E-state index contributed by atoms with van der Waals surface area (Å²) >= 11 is 0. The Kier molecular flexibility index (Phi) is 10.7. The highest BCUT2D eigenvalue weighted by Gasteiger charge is 2.50. The Morgan fingerprint density at radius 1 is 1.18 bits per heavy atom. The number of aliphatic carboxylic acids is 1. The molecule has 2 aliphatic heterocycles. The van der Waals surface area contributed by atoms with Crippen molar-refractivity contribution in [3.63, 3.8) is 0 Å². The minimum Gasteiger partial charge on any atom is -0.508 e. The summed E-state index contributed by atoms with van der Waals surface area (Å²) in [5, 5.41) is 38.0. The molecule has 1 unspecified atom stereocenters. The molecule has 0 radical (unpaired) electrons. The maximum atomic E-state index is 13.3. The molecule has 0 aliphatic carbocycles. The van der Waals surface area contributed by atoms with E-state index in [1.807, 2.05) is 18.7 Å². The van der Waals surface area contributed by atoms with E-state index in [1.165, 1.54) is 12.1 Å². The Hall–Kier alpha value is -2.77. The number of hydrogen-bond donors (Lipinski definition) is 7. The number of amides is 2. The molecular formula is C27H43N5O7. The van der Waals surface area contributed by atoms with Crippen molar-refractivity contribution in [2.75, 3.05) is 26.3 Å². The molecule has 3 rings (SSSR count). The Bertz CT molecular complexity index is 985. The first-order valence-electron chi connectivity index (χ1n) is 13.5. The quantitative estimate of drug-likeness (QED) is 0.150. The number of hydrogen-bond acceptors (Lipinski definition) is 9. The summed E-state index contributed by atoms with van der Waals surface area (Å²) < 4.78 is 5.50. The van der Waals surface area contributed by atoms with Crippen molar-refractivity contribution in [3.05, 3.63) is 29.8 Å². The number of nitrogens with zero attached hydrogens (tertiary/aromatic N) is 1. The lowest BCUT2D eigenvalue weighted by atomic mass is 9.93. The number of phenolic OH excluding ortho intramolecular Hbond substituents is 1. The van der Waals surface area contributed by atoms with Gasteiger partial charge in [0.15, 0.2) is 0 Å². The summed E-state index contributed by atoms with van der Waals surface area (Å²) in [4.78, 5) is 40.0. The number of aromatic hydroxyl groups is 1. The number of carbonyl (C=O) groups excluding carboxylic acids is 2. The number of carboxylic acid groups (broad SMARTS) is 1. The first-order valence-corrected chi connectivity index (χ1v) is 13.5. The molecule has 0 saturated carbocycles. The van der Waals surface area contributed by atoms with Crippen molar-refractivity contribution in [2.45, 2.75) is 82.4 Å². The lowest BCUT2D eigenvalue weighted by Gasteiger charge is -2.50. The summed E-state index contributed by atoms with van der Waals surface area (Å²) in [6.45, 7) is 7.18. The zero-order valence-corrected chi connectivity index (χ0v) is 22.9. The maximum Gasteiger partial charge on any atom is 0.326 e. The molecule has 12 nitrogen and oxygen atoms in total. The van der Waals surface area contributed by atoms with Crippen LogP contribution in [0.25, 0.3) is 0 Å². The van der Waals surface area contributed by atoms with E-state index >= 15 is 0 Å². The summed E-state index contributed by atoms with van der Waals surface area (Å²) in [6.07, 6.45) is 0.978. The van der Waals surface area contributed by atoms with Crippen molar-refractivity contribution in [1.82, 2.24) is 20.9 Å². The average molecular weight is 550 g/mol. The van der Waals surface area contributed by atoms with Crippen LogP contribution in [-0.4, -0.2) is 100 Å². The Labute approximate surface area is 229 Å². The number of likely N-dealkylation sites (tertiary alicyclic amines) is 1. The van der Waals surface area contributed by atoms with Gasteiger partial charge in [-0.05, 0) is 56.3 Å². The van der Waals surface area contributed by atoms with E-state index in [2.05, 4.69) is 16.0 Å². The predicted octanol–water partition coefficient (Wildman–Crippen LogP) is -0.476. The van der Waals surface area contributed by atoms with Crippen LogP contribution in [0.1, 0.15) is 45.6 Å². The monoisotopic (exact) mass is 549 g/mol. The van der Waals surface area contributed by atoms with Gasteiger partial charge in [-0.1, -0.05) is 26.0 Å². The molecule has 5 atom stereocenters. The van der Waals surface area contributed by atoms with Crippen LogP contribution in [0.3, 0.4) is 0 Å². The van der Waals surface area contributed by atoms with Crippen LogP contribution in [0.2, 0.25) is 0 Å². The van der Waals surface area contributed by atoms with Gasteiger partial charge in [-0.3, -0.25) is 19.8 Å². The van der Waals surface area contributed by atoms with Gasteiger partial charge in [-0.2, -0.15) is 0 Å². The molecule has 2 fully saturated rings. The molecule has 0 aromatic heterocycles. The summed E-state index contributed by atoms with van der Waals surface area (Å²) in [6, 6.07) is 3.31. The fraction of sp³-hybridized carbons (Fsp3) is 0.667. The number of phenols is 1. The molecule has 39 heavy (non-hydrogen) atoms. The zero-order valence-electron chi connectivity index (χ0n) is 22.9. The van der Waals surface area contributed by atoms with Crippen LogP contribution < -0.4 is 21.7 Å². The number of carbonyl (C=O) groups is 3. The van der Waals surface area contributed by atoms with Crippen LogP contribution in [0.4, 0.5) is 0 Å². The van der Waals surface area contributed by atoms with Crippen molar-refractivity contribution >= 4 is 17.8 Å². The van der Waals surface area contributed by atoms with Crippen molar-refractivity contribution in [3.8, 4) is 5.75 Å². The lowest BCUT2D eigenvalue weighted by Crippen LogP contribution is -2.70. The largest absolute Gasteiger partial charge is 0.508 e. The van der Waals surface area contributed by atoms with E-state index < -0.39 is 41.9 Å². The first-order chi connectivity index (χ1) is 18.4. The Morgan fingerprint density at radius 3 is 2.41 bits per heavy atom. The molecule has 0 bridgehead atoms. The number of nitrogens with two attached hydrogens (primary N) is 1.